The number of rotatable bonds is 7. The molecule has 28 heavy (non-hydrogen) atoms. The van der Waals surface area contributed by atoms with Gasteiger partial charge in [-0.25, -0.2) is 9.97 Å². The maximum atomic E-state index is 11.4. The fourth-order valence-electron chi connectivity index (χ4n) is 4.20. The van der Waals surface area contributed by atoms with Crippen LogP contribution in [0.5, 0.6) is 5.75 Å². The molecule has 1 aliphatic heterocycles. The van der Waals surface area contributed by atoms with Gasteiger partial charge in [-0.05, 0) is 36.9 Å². The van der Waals surface area contributed by atoms with Crippen molar-refractivity contribution in [2.24, 2.45) is 11.8 Å². The number of aromatic nitrogens is 4. The molecular weight excluding hydrogens is 358 g/mol. The molecule has 8 heteroatoms. The minimum atomic E-state index is -0.733. The van der Waals surface area contributed by atoms with Crippen molar-refractivity contribution in [3.8, 4) is 5.75 Å². The van der Waals surface area contributed by atoms with Gasteiger partial charge < -0.3 is 19.8 Å². The molecule has 3 aromatic rings. The number of nitrogens with one attached hydrogen (secondary N) is 2. The van der Waals surface area contributed by atoms with E-state index in [-0.39, 0.29) is 18.3 Å². The van der Waals surface area contributed by atoms with Gasteiger partial charge in [0.15, 0.2) is 0 Å². The van der Waals surface area contributed by atoms with E-state index in [1.807, 2.05) is 24.4 Å². The number of hydrogen-bond acceptors (Lipinski definition) is 5. The van der Waals surface area contributed by atoms with Gasteiger partial charge in [-0.15, -0.1) is 0 Å². The lowest BCUT2D eigenvalue weighted by molar-refractivity contribution is -0.139. The number of methoxy groups -OCH3 is 1. The Kier molecular flexibility index (Phi) is 5.29. The molecule has 1 fully saturated rings. The number of carboxylic acids is 1. The number of aliphatic carboxylic acids is 1. The number of benzene rings is 1. The molecule has 3 heterocycles. The predicted octanol–water partition coefficient (Wildman–Crippen LogP) is 2.45. The molecule has 0 spiro atoms. The van der Waals surface area contributed by atoms with Crippen molar-refractivity contribution >= 4 is 17.0 Å². The lowest BCUT2D eigenvalue weighted by Gasteiger charge is -2.37. The van der Waals surface area contributed by atoms with Crippen LogP contribution in [0.4, 0.5) is 0 Å². The number of piperidine rings is 1. The molecule has 1 aromatic carbocycles. The monoisotopic (exact) mass is 383 g/mol. The van der Waals surface area contributed by atoms with Crippen LogP contribution < -0.4 is 4.74 Å². The lowest BCUT2D eigenvalue weighted by atomic mass is 9.81. The van der Waals surface area contributed by atoms with E-state index in [2.05, 4.69) is 19.9 Å². The van der Waals surface area contributed by atoms with Gasteiger partial charge in [0.25, 0.3) is 0 Å². The second-order valence-corrected chi connectivity index (χ2v) is 7.46. The summed E-state index contributed by atoms with van der Waals surface area (Å²) in [6.07, 6.45) is 5.31. The number of carbonyl (C=O) groups is 1. The van der Waals surface area contributed by atoms with E-state index in [0.717, 1.165) is 60.8 Å². The van der Waals surface area contributed by atoms with Crippen molar-refractivity contribution in [3.05, 3.63) is 42.2 Å². The molecule has 3 N–H and O–H groups in total. The van der Waals surface area contributed by atoms with E-state index >= 15 is 0 Å². The van der Waals surface area contributed by atoms with Gasteiger partial charge in [-0.3, -0.25) is 9.69 Å². The maximum Gasteiger partial charge on any atom is 0.303 e. The maximum absolute atomic E-state index is 11.4. The number of likely N-dealkylation sites (tertiary alicyclic amines) is 1. The average molecular weight is 383 g/mol. The molecule has 0 aliphatic carbocycles. The number of imidazole rings is 2. The van der Waals surface area contributed by atoms with Crippen molar-refractivity contribution in [1.82, 2.24) is 24.8 Å². The molecule has 1 saturated heterocycles. The lowest BCUT2D eigenvalue weighted by Crippen LogP contribution is -2.41. The van der Waals surface area contributed by atoms with Crippen LogP contribution >= 0.6 is 0 Å². The van der Waals surface area contributed by atoms with E-state index in [4.69, 9.17) is 9.72 Å². The summed E-state index contributed by atoms with van der Waals surface area (Å²) >= 11 is 0. The third-order valence-corrected chi connectivity index (χ3v) is 5.56. The van der Waals surface area contributed by atoms with Crippen molar-refractivity contribution in [1.29, 1.82) is 0 Å². The number of hydrogen-bond donors (Lipinski definition) is 3. The molecular formula is C20H25N5O3. The number of aromatic amines is 2. The summed E-state index contributed by atoms with van der Waals surface area (Å²) < 4.78 is 5.40. The Morgan fingerprint density at radius 2 is 2.29 bits per heavy atom. The topological polar surface area (TPSA) is 107 Å². The minimum absolute atomic E-state index is 0.144. The third-order valence-electron chi connectivity index (χ3n) is 5.56. The van der Waals surface area contributed by atoms with Crippen LogP contribution in [0.1, 0.15) is 24.4 Å². The van der Waals surface area contributed by atoms with Crippen LogP contribution in [0.15, 0.2) is 30.7 Å². The molecule has 148 valence electrons. The van der Waals surface area contributed by atoms with Crippen LogP contribution in [-0.2, 0) is 17.8 Å². The van der Waals surface area contributed by atoms with Gasteiger partial charge >= 0.3 is 5.97 Å². The van der Waals surface area contributed by atoms with E-state index in [9.17, 15) is 9.90 Å². The molecule has 8 nitrogen and oxygen atoms in total. The number of fused-ring (bicyclic) bond motifs is 1. The van der Waals surface area contributed by atoms with Crippen LogP contribution in [0.2, 0.25) is 0 Å². The van der Waals surface area contributed by atoms with Crippen LogP contribution in [0, 0.1) is 11.8 Å². The fourth-order valence-corrected chi connectivity index (χ4v) is 4.20. The zero-order valence-electron chi connectivity index (χ0n) is 15.9. The Hall–Kier alpha value is -2.87. The van der Waals surface area contributed by atoms with E-state index in [0.29, 0.717) is 0 Å². The van der Waals surface area contributed by atoms with E-state index < -0.39 is 5.97 Å². The first-order valence-electron chi connectivity index (χ1n) is 9.55. The van der Waals surface area contributed by atoms with Crippen LogP contribution in [0.3, 0.4) is 0 Å². The Balaban J connectivity index is 1.53. The van der Waals surface area contributed by atoms with Crippen LogP contribution in [0.25, 0.3) is 11.0 Å². The molecule has 4 rings (SSSR count). The zero-order valence-corrected chi connectivity index (χ0v) is 15.9. The minimum Gasteiger partial charge on any atom is -0.494 e. The van der Waals surface area contributed by atoms with Gasteiger partial charge in [0.2, 0.25) is 0 Å². The highest BCUT2D eigenvalue weighted by Crippen LogP contribution is 2.31. The zero-order chi connectivity index (χ0) is 19.5. The molecule has 0 bridgehead atoms. The second-order valence-electron chi connectivity index (χ2n) is 7.46. The largest absolute Gasteiger partial charge is 0.494 e. The Morgan fingerprint density at radius 1 is 1.39 bits per heavy atom. The van der Waals surface area contributed by atoms with Gasteiger partial charge in [-0.1, -0.05) is 6.07 Å². The normalized spacial score (nSPS) is 20.5. The Labute approximate surface area is 163 Å². The summed E-state index contributed by atoms with van der Waals surface area (Å²) in [5.74, 6) is 1.25. The highest BCUT2D eigenvalue weighted by atomic mass is 16.5. The van der Waals surface area contributed by atoms with Gasteiger partial charge in [0.05, 0.1) is 19.0 Å². The first-order chi connectivity index (χ1) is 13.6. The summed E-state index contributed by atoms with van der Waals surface area (Å²) in [7, 11) is 1.64. The van der Waals surface area contributed by atoms with Crippen LogP contribution in [-0.4, -0.2) is 56.1 Å². The first-order valence-corrected chi connectivity index (χ1v) is 9.55. The molecule has 0 amide bonds. The first kappa shape index (κ1) is 18.5. The summed E-state index contributed by atoms with van der Waals surface area (Å²) in [6, 6.07) is 5.81. The molecule has 0 saturated carbocycles. The second kappa shape index (κ2) is 8.02. The summed E-state index contributed by atoms with van der Waals surface area (Å²) in [6.45, 7) is 2.52. The van der Waals surface area contributed by atoms with E-state index in [1.54, 1.807) is 13.4 Å². The predicted molar refractivity (Wildman–Crippen MR) is 104 cm³/mol. The summed E-state index contributed by atoms with van der Waals surface area (Å²) in [5, 5.41) is 9.34. The van der Waals surface area contributed by atoms with Crippen molar-refractivity contribution < 1.29 is 14.6 Å². The van der Waals surface area contributed by atoms with Crippen molar-refractivity contribution in [2.45, 2.75) is 25.8 Å². The summed E-state index contributed by atoms with van der Waals surface area (Å²) in [4.78, 5) is 29.1. The smallest absolute Gasteiger partial charge is 0.303 e. The fraction of sp³-hybridized carbons (Fsp3) is 0.450. The van der Waals surface area contributed by atoms with Gasteiger partial charge in [0, 0.05) is 37.8 Å². The number of para-hydroxylation sites is 1. The third kappa shape index (κ3) is 4.01. The van der Waals surface area contributed by atoms with E-state index in [1.165, 1.54) is 0 Å². The number of carboxylic acid groups (broad SMARTS) is 1. The van der Waals surface area contributed by atoms with Gasteiger partial charge in [0.1, 0.15) is 17.1 Å². The number of H-pyrrole nitrogens is 2. The number of ether oxygens (including phenoxy) is 1. The van der Waals surface area contributed by atoms with Gasteiger partial charge in [-0.2, -0.15) is 0 Å². The quantitative estimate of drug-likeness (QED) is 0.578. The highest BCUT2D eigenvalue weighted by molar-refractivity contribution is 5.81. The molecule has 0 radical (unpaired) electrons. The standard InChI is InChI=1S/C20H25N5O3/c1-28-17-4-2-3-16-20(17)24-18(23-16)7-14-10-25(11-15-9-21-12-22-15)6-5-13(14)8-19(26)27/h2-4,9,12-14H,5-8,10-11H2,1H3,(H,21,22)(H,23,24)(H,26,27)/t13-,14-/m0/s1. The SMILES string of the molecule is COc1cccc2[nH]c(C[C@H]3CN(Cc4cnc[nH]4)CC[C@H]3CC(=O)O)nc12. The molecule has 2 atom stereocenters. The average Bonchev–Trinajstić information content (AvgIpc) is 3.32. The summed E-state index contributed by atoms with van der Waals surface area (Å²) in [5.41, 5.74) is 2.83. The van der Waals surface area contributed by atoms with Crippen molar-refractivity contribution in [3.63, 3.8) is 0 Å². The molecule has 2 aromatic heterocycles. The Morgan fingerprint density at radius 3 is 3.04 bits per heavy atom. The Bertz CT molecular complexity index is 937. The van der Waals surface area contributed by atoms with Crippen molar-refractivity contribution in [2.75, 3.05) is 20.2 Å². The number of nitrogens with zero attached hydrogens (tertiary/aromatic N) is 3. The molecule has 0 unspecified atom stereocenters. The molecule has 1 aliphatic rings. The highest BCUT2D eigenvalue weighted by Gasteiger charge is 2.31.